The summed E-state index contributed by atoms with van der Waals surface area (Å²) >= 11 is 0. The molecule has 0 aliphatic heterocycles. The quantitative estimate of drug-likeness (QED) is 0.888. The topological polar surface area (TPSA) is 64.7 Å². The van der Waals surface area contributed by atoms with Crippen LogP contribution in [-0.4, -0.2) is 25.5 Å². The van der Waals surface area contributed by atoms with Crippen LogP contribution in [0.25, 0.3) is 0 Å². The molecule has 2 aromatic rings. The Labute approximate surface area is 131 Å². The molecular weight excluding hydrogens is 278 g/mol. The summed E-state index contributed by atoms with van der Waals surface area (Å²) < 4.78 is 3.54. The minimum atomic E-state index is -0.0241. The third-order valence-corrected chi connectivity index (χ3v) is 4.05. The van der Waals surface area contributed by atoms with Crippen LogP contribution in [0.2, 0.25) is 0 Å². The predicted octanol–water partition coefficient (Wildman–Crippen LogP) is 2.06. The minimum Gasteiger partial charge on any atom is -0.348 e. The molecule has 0 radical (unpaired) electrons. The van der Waals surface area contributed by atoms with Gasteiger partial charge in [-0.3, -0.25) is 14.2 Å². The number of nitrogens with zero attached hydrogens (tertiary/aromatic N) is 4. The molecule has 0 saturated carbocycles. The number of amides is 1. The summed E-state index contributed by atoms with van der Waals surface area (Å²) in [4.78, 5) is 12.3. The first-order chi connectivity index (χ1) is 10.5. The minimum absolute atomic E-state index is 0.0104. The lowest BCUT2D eigenvalue weighted by molar-refractivity contribution is -0.122. The Morgan fingerprint density at radius 2 is 2.09 bits per heavy atom. The molecule has 1 atom stereocenters. The van der Waals surface area contributed by atoms with Crippen molar-refractivity contribution < 1.29 is 4.79 Å². The van der Waals surface area contributed by atoms with Gasteiger partial charge >= 0.3 is 0 Å². The van der Waals surface area contributed by atoms with Crippen LogP contribution in [0.15, 0.2) is 12.4 Å². The summed E-state index contributed by atoms with van der Waals surface area (Å²) in [7, 11) is 1.88. The number of carbonyl (C=O) groups excluding carboxylic acids is 1. The molecule has 0 saturated heterocycles. The van der Waals surface area contributed by atoms with Gasteiger partial charge in [-0.2, -0.15) is 10.2 Å². The molecule has 0 aromatic carbocycles. The van der Waals surface area contributed by atoms with Crippen LogP contribution in [0.1, 0.15) is 48.8 Å². The molecule has 0 fully saturated rings. The molecule has 1 amide bonds. The van der Waals surface area contributed by atoms with Crippen LogP contribution in [-0.2, 0) is 24.8 Å². The SMILES string of the molecule is CCc1c(C)nn(CC(=O)N[C@@H](CC)c2cnn(C)c2)c1C. The van der Waals surface area contributed by atoms with E-state index in [0.717, 1.165) is 29.8 Å². The van der Waals surface area contributed by atoms with Crippen molar-refractivity contribution in [2.75, 3.05) is 0 Å². The molecule has 0 aliphatic rings. The average molecular weight is 303 g/mol. The van der Waals surface area contributed by atoms with Crippen LogP contribution in [0.4, 0.5) is 0 Å². The largest absolute Gasteiger partial charge is 0.348 e. The molecule has 1 N–H and O–H groups in total. The highest BCUT2D eigenvalue weighted by Crippen LogP contribution is 2.16. The fraction of sp³-hybridized carbons (Fsp3) is 0.562. The van der Waals surface area contributed by atoms with E-state index in [1.165, 1.54) is 5.56 Å². The highest BCUT2D eigenvalue weighted by Gasteiger charge is 2.17. The standard InChI is InChI=1S/C16H25N5O/c1-6-14-11(3)19-21(12(14)4)10-16(22)18-15(7-2)13-8-17-20(5)9-13/h8-9,15H,6-7,10H2,1-5H3,(H,18,22)/t15-/m0/s1. The normalized spacial score (nSPS) is 12.4. The van der Waals surface area contributed by atoms with E-state index in [0.29, 0.717) is 0 Å². The molecule has 0 aliphatic carbocycles. The van der Waals surface area contributed by atoms with Crippen molar-refractivity contribution in [3.63, 3.8) is 0 Å². The van der Waals surface area contributed by atoms with Crippen molar-refractivity contribution in [2.45, 2.75) is 53.1 Å². The number of nitrogens with one attached hydrogen (secondary N) is 1. The molecule has 2 heterocycles. The van der Waals surface area contributed by atoms with Gasteiger partial charge in [0.05, 0.1) is 17.9 Å². The lowest BCUT2D eigenvalue weighted by Gasteiger charge is -2.15. The van der Waals surface area contributed by atoms with Gasteiger partial charge in [0.15, 0.2) is 0 Å². The monoisotopic (exact) mass is 303 g/mol. The Kier molecular flexibility index (Phi) is 5.00. The van der Waals surface area contributed by atoms with Crippen LogP contribution in [0.5, 0.6) is 0 Å². The Morgan fingerprint density at radius 1 is 1.36 bits per heavy atom. The van der Waals surface area contributed by atoms with Gasteiger partial charge in [-0.05, 0) is 32.3 Å². The van der Waals surface area contributed by atoms with Crippen molar-refractivity contribution in [2.24, 2.45) is 7.05 Å². The van der Waals surface area contributed by atoms with E-state index in [2.05, 4.69) is 29.4 Å². The van der Waals surface area contributed by atoms with Gasteiger partial charge in [-0.25, -0.2) is 0 Å². The van der Waals surface area contributed by atoms with Crippen molar-refractivity contribution in [1.82, 2.24) is 24.9 Å². The summed E-state index contributed by atoms with van der Waals surface area (Å²) in [6.45, 7) is 8.42. The second-order valence-corrected chi connectivity index (χ2v) is 5.64. The maximum atomic E-state index is 12.3. The van der Waals surface area contributed by atoms with Gasteiger partial charge in [-0.1, -0.05) is 13.8 Å². The Balaban J connectivity index is 2.06. The number of hydrogen-bond donors (Lipinski definition) is 1. The fourth-order valence-corrected chi connectivity index (χ4v) is 2.82. The smallest absolute Gasteiger partial charge is 0.242 e. The van der Waals surface area contributed by atoms with E-state index in [-0.39, 0.29) is 18.5 Å². The second kappa shape index (κ2) is 6.77. The van der Waals surface area contributed by atoms with E-state index in [1.807, 2.05) is 27.1 Å². The van der Waals surface area contributed by atoms with Gasteiger partial charge < -0.3 is 5.32 Å². The zero-order valence-electron chi connectivity index (χ0n) is 14.1. The molecule has 120 valence electrons. The number of hydrogen-bond acceptors (Lipinski definition) is 3. The van der Waals surface area contributed by atoms with Crippen molar-refractivity contribution >= 4 is 5.91 Å². The number of aryl methyl sites for hydroxylation is 2. The van der Waals surface area contributed by atoms with E-state index in [1.54, 1.807) is 15.6 Å². The third kappa shape index (κ3) is 3.37. The molecule has 2 aromatic heterocycles. The first-order valence-electron chi connectivity index (χ1n) is 7.77. The summed E-state index contributed by atoms with van der Waals surface area (Å²) in [5, 5.41) is 11.7. The van der Waals surface area contributed by atoms with Gasteiger partial charge in [-0.15, -0.1) is 0 Å². The number of rotatable bonds is 6. The second-order valence-electron chi connectivity index (χ2n) is 5.64. The van der Waals surface area contributed by atoms with Crippen LogP contribution >= 0.6 is 0 Å². The first-order valence-corrected chi connectivity index (χ1v) is 7.77. The fourth-order valence-electron chi connectivity index (χ4n) is 2.82. The lowest BCUT2D eigenvalue weighted by Crippen LogP contribution is -2.31. The van der Waals surface area contributed by atoms with Crippen molar-refractivity contribution in [3.8, 4) is 0 Å². The Hall–Kier alpha value is -2.11. The maximum Gasteiger partial charge on any atom is 0.242 e. The van der Waals surface area contributed by atoms with E-state index in [9.17, 15) is 4.79 Å². The summed E-state index contributed by atoms with van der Waals surface area (Å²) in [6.07, 6.45) is 5.50. The number of aromatic nitrogens is 4. The van der Waals surface area contributed by atoms with E-state index < -0.39 is 0 Å². The van der Waals surface area contributed by atoms with Crippen LogP contribution in [0, 0.1) is 13.8 Å². The van der Waals surface area contributed by atoms with Gasteiger partial charge in [0.2, 0.25) is 5.91 Å². The highest BCUT2D eigenvalue weighted by molar-refractivity contribution is 5.76. The highest BCUT2D eigenvalue weighted by atomic mass is 16.2. The molecule has 6 nitrogen and oxygen atoms in total. The zero-order valence-corrected chi connectivity index (χ0v) is 14.1. The first kappa shape index (κ1) is 16.3. The number of carbonyl (C=O) groups is 1. The predicted molar refractivity (Wildman–Crippen MR) is 85.5 cm³/mol. The molecule has 2 rings (SSSR count). The molecule has 0 bridgehead atoms. The van der Waals surface area contributed by atoms with E-state index >= 15 is 0 Å². The molecule has 22 heavy (non-hydrogen) atoms. The van der Waals surface area contributed by atoms with Crippen LogP contribution < -0.4 is 5.32 Å². The van der Waals surface area contributed by atoms with Crippen molar-refractivity contribution in [1.29, 1.82) is 0 Å². The average Bonchev–Trinajstić information content (AvgIpc) is 3.01. The summed E-state index contributed by atoms with van der Waals surface area (Å²) in [6, 6.07) is -0.0104. The van der Waals surface area contributed by atoms with Gasteiger partial charge in [0.25, 0.3) is 0 Å². The third-order valence-electron chi connectivity index (χ3n) is 4.05. The van der Waals surface area contributed by atoms with Crippen molar-refractivity contribution in [3.05, 3.63) is 34.9 Å². The molecule has 0 spiro atoms. The molecular formula is C16H25N5O. The maximum absolute atomic E-state index is 12.3. The lowest BCUT2D eigenvalue weighted by atomic mass is 10.1. The zero-order chi connectivity index (χ0) is 16.3. The molecule has 0 unspecified atom stereocenters. The van der Waals surface area contributed by atoms with Gasteiger partial charge in [0, 0.05) is 24.5 Å². The van der Waals surface area contributed by atoms with E-state index in [4.69, 9.17) is 0 Å². The van der Waals surface area contributed by atoms with Crippen LogP contribution in [0.3, 0.4) is 0 Å². The Morgan fingerprint density at radius 3 is 2.59 bits per heavy atom. The van der Waals surface area contributed by atoms with Gasteiger partial charge in [0.1, 0.15) is 6.54 Å². The summed E-state index contributed by atoms with van der Waals surface area (Å²) in [5.41, 5.74) is 4.34. The molecule has 6 heteroatoms. The Bertz CT molecular complexity index is 656. The summed E-state index contributed by atoms with van der Waals surface area (Å²) in [5.74, 6) is -0.0241.